The molecule has 1 atom stereocenters. The zero-order valence-electron chi connectivity index (χ0n) is 17.2. The van der Waals surface area contributed by atoms with Crippen molar-refractivity contribution in [2.24, 2.45) is 5.92 Å². The number of nitrogens with one attached hydrogen (secondary N) is 2. The van der Waals surface area contributed by atoms with Crippen LogP contribution in [-0.4, -0.2) is 38.3 Å². The zero-order valence-corrected chi connectivity index (χ0v) is 18.0. The van der Waals surface area contributed by atoms with Crippen molar-refractivity contribution in [1.82, 2.24) is 9.71 Å². The first-order chi connectivity index (χ1) is 15.3. The number of rotatable bonds is 3. The number of sulfonamides is 1. The summed E-state index contributed by atoms with van der Waals surface area (Å²) >= 11 is 0. The number of nitrogens with zero attached hydrogens (tertiary/aromatic N) is 2. The lowest BCUT2D eigenvalue weighted by molar-refractivity contribution is -0.137. The van der Waals surface area contributed by atoms with Gasteiger partial charge in [0.1, 0.15) is 5.82 Å². The minimum absolute atomic E-state index is 0.0465. The molecule has 178 valence electrons. The molecule has 33 heavy (non-hydrogen) atoms. The molecule has 0 radical (unpaired) electrons. The minimum Gasteiger partial charge on any atom is -0.355 e. The summed E-state index contributed by atoms with van der Waals surface area (Å²) in [7, 11) is -3.74. The normalized spacial score (nSPS) is 21.5. The van der Waals surface area contributed by atoms with E-state index >= 15 is 0 Å². The van der Waals surface area contributed by atoms with Crippen LogP contribution in [0.4, 0.5) is 33.5 Å². The van der Waals surface area contributed by atoms with Crippen LogP contribution in [0, 0.1) is 5.92 Å². The third-order valence-corrected chi connectivity index (χ3v) is 7.22. The molecule has 13 heteroatoms. The van der Waals surface area contributed by atoms with Gasteiger partial charge in [0.15, 0.2) is 0 Å². The summed E-state index contributed by atoms with van der Waals surface area (Å²) in [5.74, 6) is -5.16. The van der Waals surface area contributed by atoms with Crippen molar-refractivity contribution in [3.05, 3.63) is 47.2 Å². The predicted octanol–water partition coefficient (Wildman–Crippen LogP) is 3.63. The second-order valence-corrected chi connectivity index (χ2v) is 9.79. The Morgan fingerprint density at radius 3 is 2.67 bits per heavy atom. The summed E-state index contributed by atoms with van der Waals surface area (Å²) in [6.07, 6.45) is -4.76. The molecular weight excluding hydrogens is 471 g/mol. The van der Waals surface area contributed by atoms with Gasteiger partial charge in [0.25, 0.3) is 11.8 Å². The standard InChI is InChI=1S/C20H19F5N4O3S/c1-11-10-29(5-4-19(11,21)22)17-15(6-13(9-26-17)20(23,24)25)18(30)28-14-3-2-12-8-27-33(31,32)16(12)7-14/h2-3,6-7,9,11,27H,4-5,8,10H2,1H3,(H,28,30). The number of carbonyl (C=O) groups excluding carboxylic acids is 1. The Hall–Kier alpha value is -2.80. The smallest absolute Gasteiger partial charge is 0.355 e. The fourth-order valence-corrected chi connectivity index (χ4v) is 5.06. The highest BCUT2D eigenvalue weighted by Crippen LogP contribution is 2.37. The number of aromatic nitrogens is 1. The van der Waals surface area contributed by atoms with Crippen LogP contribution in [0.15, 0.2) is 35.4 Å². The number of alkyl halides is 5. The lowest BCUT2D eigenvalue weighted by atomic mass is 9.95. The molecule has 4 rings (SSSR count). The molecule has 0 spiro atoms. The van der Waals surface area contributed by atoms with Gasteiger partial charge in [-0.05, 0) is 23.8 Å². The van der Waals surface area contributed by atoms with E-state index in [9.17, 15) is 35.2 Å². The van der Waals surface area contributed by atoms with Gasteiger partial charge in [0.2, 0.25) is 10.0 Å². The van der Waals surface area contributed by atoms with Crippen molar-refractivity contribution in [3.63, 3.8) is 0 Å². The molecule has 7 nitrogen and oxygen atoms in total. The molecule has 2 aromatic rings. The number of carbonyl (C=O) groups is 1. The monoisotopic (exact) mass is 490 g/mol. The molecule has 1 fully saturated rings. The van der Waals surface area contributed by atoms with Gasteiger partial charge >= 0.3 is 6.18 Å². The Kier molecular flexibility index (Phi) is 5.60. The summed E-state index contributed by atoms with van der Waals surface area (Å²) in [6.45, 7) is 1.01. The molecule has 0 aliphatic carbocycles. The van der Waals surface area contributed by atoms with Crippen molar-refractivity contribution in [3.8, 4) is 0 Å². The van der Waals surface area contributed by atoms with Gasteiger partial charge in [0, 0.05) is 43.9 Å². The fraction of sp³-hybridized carbons (Fsp3) is 0.400. The molecule has 1 aromatic heterocycles. The van der Waals surface area contributed by atoms with Crippen molar-refractivity contribution in [2.45, 2.75) is 36.9 Å². The molecule has 0 bridgehead atoms. The molecule has 2 aliphatic heterocycles. The first-order valence-electron chi connectivity index (χ1n) is 9.92. The highest BCUT2D eigenvalue weighted by Gasteiger charge is 2.42. The Bertz CT molecular complexity index is 1220. The third-order valence-electron chi connectivity index (χ3n) is 5.74. The van der Waals surface area contributed by atoms with E-state index in [0.29, 0.717) is 17.8 Å². The quantitative estimate of drug-likeness (QED) is 0.642. The number of hydrogen-bond donors (Lipinski definition) is 2. The van der Waals surface area contributed by atoms with E-state index in [-0.39, 0.29) is 36.0 Å². The van der Waals surface area contributed by atoms with Crippen LogP contribution in [0.5, 0.6) is 0 Å². The van der Waals surface area contributed by atoms with E-state index in [0.717, 1.165) is 0 Å². The average molecular weight is 490 g/mol. The summed E-state index contributed by atoms with van der Waals surface area (Å²) < 4.78 is 94.0. The Balaban J connectivity index is 1.69. The SMILES string of the molecule is CC1CN(c2ncc(C(F)(F)F)cc2C(=O)Nc2ccc3c(c2)S(=O)(=O)NC3)CCC1(F)F. The van der Waals surface area contributed by atoms with Crippen LogP contribution in [0.3, 0.4) is 0 Å². The molecule has 1 aromatic carbocycles. The number of piperidine rings is 1. The van der Waals surface area contributed by atoms with Gasteiger partial charge in [-0.2, -0.15) is 13.2 Å². The fourth-order valence-electron chi connectivity index (χ4n) is 3.79. The summed E-state index contributed by atoms with van der Waals surface area (Å²) in [5, 5.41) is 2.40. The van der Waals surface area contributed by atoms with Gasteiger partial charge in [0.05, 0.1) is 16.0 Å². The molecule has 3 heterocycles. The van der Waals surface area contributed by atoms with Crippen molar-refractivity contribution >= 4 is 27.4 Å². The highest BCUT2D eigenvalue weighted by atomic mass is 32.2. The van der Waals surface area contributed by atoms with Gasteiger partial charge in [-0.25, -0.2) is 26.9 Å². The maximum atomic E-state index is 13.9. The second-order valence-electron chi connectivity index (χ2n) is 8.05. The third kappa shape index (κ3) is 4.51. The van der Waals surface area contributed by atoms with Crippen LogP contribution < -0.4 is 14.9 Å². The average Bonchev–Trinajstić information content (AvgIpc) is 3.03. The molecule has 1 unspecified atom stereocenters. The lowest BCUT2D eigenvalue weighted by Gasteiger charge is -2.38. The molecule has 2 aliphatic rings. The zero-order chi connectivity index (χ0) is 24.2. The largest absolute Gasteiger partial charge is 0.417 e. The van der Waals surface area contributed by atoms with Gasteiger partial charge < -0.3 is 10.2 Å². The molecule has 1 amide bonds. The number of hydrogen-bond acceptors (Lipinski definition) is 5. The Labute approximate surface area is 186 Å². The van der Waals surface area contributed by atoms with E-state index in [1.165, 1.54) is 30.0 Å². The Morgan fingerprint density at radius 1 is 1.27 bits per heavy atom. The van der Waals surface area contributed by atoms with Crippen molar-refractivity contribution in [1.29, 1.82) is 0 Å². The number of benzene rings is 1. The topological polar surface area (TPSA) is 91.4 Å². The van der Waals surface area contributed by atoms with E-state index < -0.39 is 51.5 Å². The van der Waals surface area contributed by atoms with Gasteiger partial charge in [-0.1, -0.05) is 13.0 Å². The lowest BCUT2D eigenvalue weighted by Crippen LogP contribution is -2.46. The Morgan fingerprint density at radius 2 is 2.00 bits per heavy atom. The number of fused-ring (bicyclic) bond motifs is 1. The number of anilines is 2. The number of amides is 1. The maximum Gasteiger partial charge on any atom is 0.417 e. The number of halogens is 5. The van der Waals surface area contributed by atoms with Crippen molar-refractivity contribution < 1.29 is 35.2 Å². The van der Waals surface area contributed by atoms with Crippen LogP contribution in [0.25, 0.3) is 0 Å². The summed E-state index contributed by atoms with van der Waals surface area (Å²) in [4.78, 5) is 18.1. The summed E-state index contributed by atoms with van der Waals surface area (Å²) in [6, 6.07) is 4.71. The van der Waals surface area contributed by atoms with E-state index in [2.05, 4.69) is 15.0 Å². The van der Waals surface area contributed by atoms with E-state index in [4.69, 9.17) is 0 Å². The number of pyridine rings is 1. The van der Waals surface area contributed by atoms with Gasteiger partial charge in [-0.15, -0.1) is 0 Å². The van der Waals surface area contributed by atoms with Gasteiger partial charge in [-0.3, -0.25) is 4.79 Å². The van der Waals surface area contributed by atoms with E-state index in [1.807, 2.05) is 0 Å². The molecule has 2 N–H and O–H groups in total. The molecule has 0 saturated carbocycles. The first-order valence-corrected chi connectivity index (χ1v) is 11.4. The van der Waals surface area contributed by atoms with Crippen molar-refractivity contribution in [2.75, 3.05) is 23.3 Å². The molecular formula is C20H19F5N4O3S. The van der Waals surface area contributed by atoms with Crippen LogP contribution in [-0.2, 0) is 22.7 Å². The van der Waals surface area contributed by atoms with Crippen LogP contribution in [0.2, 0.25) is 0 Å². The second kappa shape index (κ2) is 7.90. The first kappa shape index (κ1) is 23.4. The van der Waals surface area contributed by atoms with Crippen LogP contribution in [0.1, 0.15) is 34.8 Å². The predicted molar refractivity (Wildman–Crippen MR) is 109 cm³/mol. The maximum absolute atomic E-state index is 13.9. The molecule has 1 saturated heterocycles. The summed E-state index contributed by atoms with van der Waals surface area (Å²) in [5.41, 5.74) is -1.10. The van der Waals surface area contributed by atoms with E-state index in [1.54, 1.807) is 0 Å². The van der Waals surface area contributed by atoms with Crippen LogP contribution >= 0.6 is 0 Å². The minimum atomic E-state index is -4.78. The highest BCUT2D eigenvalue weighted by molar-refractivity contribution is 7.89.